The maximum absolute atomic E-state index is 7.14. The van der Waals surface area contributed by atoms with Gasteiger partial charge in [0.25, 0.3) is 0 Å². The van der Waals surface area contributed by atoms with E-state index in [1.165, 1.54) is 43.1 Å². The van der Waals surface area contributed by atoms with Gasteiger partial charge in [-0.3, -0.25) is 0 Å². The van der Waals surface area contributed by atoms with E-state index in [0.717, 1.165) is 232 Å². The molecule has 12 nitrogen and oxygen atoms in total. The van der Waals surface area contributed by atoms with Gasteiger partial charge in [-0.05, 0) is 140 Å². The fourth-order valence-corrected chi connectivity index (χ4v) is 22.3. The first-order chi connectivity index (χ1) is 71.4. The van der Waals surface area contributed by atoms with Crippen LogP contribution in [-0.4, -0.2) is 43.6 Å². The van der Waals surface area contributed by atoms with E-state index in [4.69, 9.17) is 43.2 Å². The molecule has 0 saturated heterocycles. The molecule has 0 N–H and O–H groups in total. The topological polar surface area (TPSA) is 132 Å². The lowest BCUT2D eigenvalue weighted by molar-refractivity contribution is 0.667. The summed E-state index contributed by atoms with van der Waals surface area (Å²) in [6.07, 6.45) is 0. The predicted molar refractivity (Wildman–Crippen MR) is 594 cm³/mol. The fourth-order valence-electron chi connectivity index (χ4n) is 22.3. The number of fused-ring (bicyclic) bond motifs is 27. The Bertz CT molecular complexity index is 10500. The number of furan rings is 3. The molecule has 9 heterocycles. The Kier molecular flexibility index (Phi) is 18.8. The monoisotopic (exact) mass is 1840 g/mol. The molecule has 144 heavy (non-hydrogen) atoms. The van der Waals surface area contributed by atoms with Crippen LogP contribution >= 0.6 is 0 Å². The standard InChI is InChI=1S/C46H27N3O.C44H27N3O.C42H25N3O/c1-2-13-28(14-3-1)43-34-20-8-10-22-38(34)47-46(48-43)37-26-31-17-6-7-18-32(31)42-35-21-12-24-40(44(35)50-45(37)42)49-39-23-11-9-19-33(39)36-25-29-15-4-5-16-30(29)27-41(36)49;1-3-14-28(15-4-1)36-27-37(29-16-5-2-6-17-29)46-44(45-36)35-26-30-18-7-8-19-31(30)41-34-22-13-25-40(42(34)48-43(35)41)47-38-23-11-9-20-32(38)33-21-10-12-24-39(33)47;1-2-13-26(14-3-1)39-31-19-6-9-21-34(31)43-42(44-39)33-25-27-15-4-5-16-28(27)38-32-20-12-24-37(40(32)46-41(33)38)45-35-22-10-7-17-29(35)30-18-8-11-23-36(30)45/h1-27H;1-27H;1-25H. The minimum Gasteiger partial charge on any atom is -0.453 e. The van der Waals surface area contributed by atoms with Crippen LogP contribution in [0.5, 0.6) is 0 Å². The molecular weight excluding hydrogens is 1760 g/mol. The maximum atomic E-state index is 7.14. The molecule has 0 amide bonds. The van der Waals surface area contributed by atoms with E-state index in [9.17, 15) is 0 Å². The van der Waals surface area contributed by atoms with Gasteiger partial charge >= 0.3 is 0 Å². The second-order valence-corrected chi connectivity index (χ2v) is 36.9. The third-order valence-corrected chi connectivity index (χ3v) is 28.7. The van der Waals surface area contributed by atoms with Crippen molar-refractivity contribution in [1.29, 1.82) is 0 Å². The largest absolute Gasteiger partial charge is 0.453 e. The van der Waals surface area contributed by atoms with Crippen LogP contribution in [0.4, 0.5) is 0 Å². The third-order valence-electron chi connectivity index (χ3n) is 28.7. The maximum Gasteiger partial charge on any atom is 0.164 e. The van der Waals surface area contributed by atoms with Crippen molar-refractivity contribution in [3.63, 3.8) is 0 Å². The number of para-hydroxylation sites is 10. The van der Waals surface area contributed by atoms with Crippen LogP contribution in [0.2, 0.25) is 0 Å². The highest BCUT2D eigenvalue weighted by Crippen LogP contribution is 2.51. The van der Waals surface area contributed by atoms with Gasteiger partial charge in [0.1, 0.15) is 16.7 Å². The fraction of sp³-hybridized carbons (Fsp3) is 0. The molecule has 31 rings (SSSR count). The Morgan fingerprint density at radius 3 is 0.778 bits per heavy atom. The summed E-state index contributed by atoms with van der Waals surface area (Å²) in [4.78, 5) is 31.2. The first-order valence-electron chi connectivity index (χ1n) is 48.6. The normalized spacial score (nSPS) is 11.9. The summed E-state index contributed by atoms with van der Waals surface area (Å²) in [6, 6.07) is 168. The number of rotatable bonds is 10. The Morgan fingerprint density at radius 1 is 0.160 bits per heavy atom. The first kappa shape index (κ1) is 81.6. The number of aromatic nitrogens is 9. The van der Waals surface area contributed by atoms with Crippen molar-refractivity contribution in [2.45, 2.75) is 0 Å². The van der Waals surface area contributed by atoms with Crippen LogP contribution in [0.3, 0.4) is 0 Å². The molecule has 0 aliphatic rings. The van der Waals surface area contributed by atoms with Crippen LogP contribution in [-0.2, 0) is 0 Å². The highest BCUT2D eigenvalue weighted by Gasteiger charge is 2.30. The van der Waals surface area contributed by atoms with Crippen LogP contribution in [0, 0.1) is 0 Å². The summed E-state index contributed by atoms with van der Waals surface area (Å²) in [6.45, 7) is 0. The summed E-state index contributed by atoms with van der Waals surface area (Å²) in [5, 5.41) is 24.9. The van der Waals surface area contributed by atoms with Crippen LogP contribution in [0.1, 0.15) is 0 Å². The lowest BCUT2D eigenvalue weighted by atomic mass is 9.99. The molecule has 0 atom stereocenters. The molecular formula is C132H79N9O3. The van der Waals surface area contributed by atoms with Crippen molar-refractivity contribution in [2.24, 2.45) is 0 Å². The van der Waals surface area contributed by atoms with Crippen molar-refractivity contribution < 1.29 is 13.3 Å². The van der Waals surface area contributed by atoms with Gasteiger partial charge in [-0.25, -0.2) is 29.9 Å². The first-order valence-corrected chi connectivity index (χ1v) is 48.6. The number of nitrogens with zero attached hydrogens (tertiary/aromatic N) is 9. The average Bonchev–Trinajstić information content (AvgIpc) is 1.57. The van der Waals surface area contributed by atoms with E-state index in [0.29, 0.717) is 17.5 Å². The molecule has 31 aromatic rings. The molecule has 0 fully saturated rings. The second kappa shape index (κ2) is 33.1. The lowest BCUT2D eigenvalue weighted by Crippen LogP contribution is -1.96. The molecule has 0 radical (unpaired) electrons. The number of hydrogen-bond acceptors (Lipinski definition) is 9. The average molecular weight is 1840 g/mol. The number of benzene rings is 22. The van der Waals surface area contributed by atoms with Gasteiger partial charge < -0.3 is 27.0 Å². The van der Waals surface area contributed by atoms with Gasteiger partial charge in [0.15, 0.2) is 34.2 Å². The molecule has 0 saturated carbocycles. The van der Waals surface area contributed by atoms with Crippen LogP contribution in [0.15, 0.2) is 492 Å². The molecule has 9 aromatic heterocycles. The van der Waals surface area contributed by atoms with E-state index in [1.54, 1.807) is 0 Å². The molecule has 0 spiro atoms. The zero-order valence-corrected chi connectivity index (χ0v) is 77.4. The summed E-state index contributed by atoms with van der Waals surface area (Å²) >= 11 is 0. The quantitative estimate of drug-likeness (QED) is 0.131. The zero-order chi connectivity index (χ0) is 94.6. The van der Waals surface area contributed by atoms with E-state index >= 15 is 0 Å². The van der Waals surface area contributed by atoms with E-state index < -0.39 is 0 Å². The van der Waals surface area contributed by atoms with E-state index in [2.05, 4.69) is 420 Å². The summed E-state index contributed by atoms with van der Waals surface area (Å²) < 4.78 is 28.3. The summed E-state index contributed by atoms with van der Waals surface area (Å²) in [7, 11) is 0. The minimum atomic E-state index is 0.628. The molecule has 670 valence electrons. The minimum absolute atomic E-state index is 0.628. The Balaban J connectivity index is 0.000000103. The molecule has 22 aromatic carbocycles. The van der Waals surface area contributed by atoms with Gasteiger partial charge in [-0.15, -0.1) is 0 Å². The van der Waals surface area contributed by atoms with Gasteiger partial charge in [-0.1, -0.05) is 382 Å². The van der Waals surface area contributed by atoms with Gasteiger partial charge in [-0.2, -0.15) is 0 Å². The van der Waals surface area contributed by atoms with Gasteiger partial charge in [0.2, 0.25) is 0 Å². The van der Waals surface area contributed by atoms with E-state index in [-0.39, 0.29) is 0 Å². The SMILES string of the molecule is c1ccc(-c2cc(-c3ccccc3)nc(-c3cc4ccccc4c4c3oc3c(-n5c6ccccc6c6ccccc65)cccc34)n2)cc1.c1ccc(-c2nc(-c3cc4ccccc4c4c3oc3c(-n5c6ccccc6c6cc7ccccc7cc65)cccc34)nc3ccccc23)cc1.c1ccc(-c2nc(-c3cc4ccccc4c4c3oc3c(-n5c6ccccc6c6ccccc65)cccc34)nc3ccccc23)cc1. The van der Waals surface area contributed by atoms with Crippen molar-refractivity contribution in [3.8, 4) is 96.3 Å². The summed E-state index contributed by atoms with van der Waals surface area (Å²) in [5.41, 5.74) is 26.8. The highest BCUT2D eigenvalue weighted by atomic mass is 16.3. The number of hydrogen-bond donors (Lipinski definition) is 0. The predicted octanol–water partition coefficient (Wildman–Crippen LogP) is 35.0. The Morgan fingerprint density at radius 2 is 0.424 bits per heavy atom. The molecule has 0 bridgehead atoms. The highest BCUT2D eigenvalue weighted by molar-refractivity contribution is 6.28. The molecule has 0 aliphatic heterocycles. The van der Waals surface area contributed by atoms with Crippen molar-refractivity contribution >= 4 is 196 Å². The third kappa shape index (κ3) is 13.1. The van der Waals surface area contributed by atoms with E-state index in [1.807, 2.05) is 72.8 Å². The second-order valence-electron chi connectivity index (χ2n) is 36.9. The van der Waals surface area contributed by atoms with Crippen LogP contribution in [0.25, 0.3) is 292 Å². The van der Waals surface area contributed by atoms with Crippen molar-refractivity contribution in [3.05, 3.63) is 479 Å². The zero-order valence-electron chi connectivity index (χ0n) is 77.4. The van der Waals surface area contributed by atoms with Gasteiger partial charge in [0.05, 0.1) is 101 Å². The van der Waals surface area contributed by atoms with Crippen molar-refractivity contribution in [1.82, 2.24) is 43.6 Å². The van der Waals surface area contributed by atoms with Gasteiger partial charge in [0, 0.05) is 97.7 Å². The van der Waals surface area contributed by atoms with Crippen LogP contribution < -0.4 is 0 Å². The molecule has 0 unspecified atom stereocenters. The molecule has 0 aliphatic carbocycles. The summed E-state index contributed by atoms with van der Waals surface area (Å²) in [5.74, 6) is 1.91. The smallest absolute Gasteiger partial charge is 0.164 e. The molecule has 12 heteroatoms. The van der Waals surface area contributed by atoms with Crippen molar-refractivity contribution in [2.75, 3.05) is 0 Å². The Labute approximate surface area is 822 Å². The lowest BCUT2D eigenvalue weighted by Gasteiger charge is -2.11. The Hall–Kier alpha value is -19.6.